The van der Waals surface area contributed by atoms with Gasteiger partial charge in [0.25, 0.3) is 5.91 Å². The normalized spacial score (nSPS) is 15.8. The van der Waals surface area contributed by atoms with Crippen LogP contribution < -0.4 is 10.1 Å². The van der Waals surface area contributed by atoms with E-state index >= 15 is 0 Å². The van der Waals surface area contributed by atoms with Crippen molar-refractivity contribution in [2.45, 2.75) is 39.3 Å². The van der Waals surface area contributed by atoms with Crippen LogP contribution in [-0.2, 0) is 16.6 Å². The van der Waals surface area contributed by atoms with Crippen LogP contribution in [0, 0.1) is 6.92 Å². The number of para-hydroxylation sites is 1. The van der Waals surface area contributed by atoms with Gasteiger partial charge >= 0.3 is 0 Å². The Balaban J connectivity index is 1.60. The van der Waals surface area contributed by atoms with E-state index in [0.717, 1.165) is 11.1 Å². The predicted molar refractivity (Wildman–Crippen MR) is 113 cm³/mol. The zero-order valence-electron chi connectivity index (χ0n) is 16.9. The van der Waals surface area contributed by atoms with Gasteiger partial charge in [0.05, 0.1) is 11.3 Å². The first-order valence-electron chi connectivity index (χ1n) is 9.95. The number of hydrogen-bond donors (Lipinski definition) is 1. The molecule has 6 nitrogen and oxygen atoms in total. The summed E-state index contributed by atoms with van der Waals surface area (Å²) in [5.41, 5.74) is 2.70. The minimum absolute atomic E-state index is 0.0457. The van der Waals surface area contributed by atoms with Gasteiger partial charge in [-0.2, -0.15) is 0 Å². The summed E-state index contributed by atoms with van der Waals surface area (Å²) in [6, 6.07) is 15.2. The standard InChI is InChI=1S/C22H28N2O4S/c1-3-29(26,27)24-13-11-19(12-14-24)23-22(25)20-9-4-5-10-21(20)28-16-18-8-6-7-17(2)15-18/h4-10,15,19H,3,11-14,16H2,1-2H3,(H,23,25). The zero-order chi connectivity index (χ0) is 20.9. The van der Waals surface area contributed by atoms with Crippen LogP contribution in [0.15, 0.2) is 48.5 Å². The van der Waals surface area contributed by atoms with Crippen LogP contribution in [0.5, 0.6) is 5.75 Å². The summed E-state index contributed by atoms with van der Waals surface area (Å²) in [5.74, 6) is 0.453. The molecule has 1 saturated heterocycles. The largest absolute Gasteiger partial charge is 0.488 e. The summed E-state index contributed by atoms with van der Waals surface area (Å²) in [6.07, 6.45) is 1.22. The molecule has 0 spiro atoms. The third-order valence-corrected chi connectivity index (χ3v) is 7.04. The molecule has 0 aromatic heterocycles. The minimum Gasteiger partial charge on any atom is -0.488 e. The quantitative estimate of drug-likeness (QED) is 0.752. The number of carbonyl (C=O) groups excluding carboxylic acids is 1. The van der Waals surface area contributed by atoms with Gasteiger partial charge in [-0.25, -0.2) is 12.7 Å². The molecule has 1 aliphatic heterocycles. The van der Waals surface area contributed by atoms with Gasteiger partial charge in [0, 0.05) is 19.1 Å². The Morgan fingerprint density at radius 1 is 1.14 bits per heavy atom. The number of amides is 1. The van der Waals surface area contributed by atoms with Gasteiger partial charge in [-0.1, -0.05) is 42.0 Å². The lowest BCUT2D eigenvalue weighted by atomic mass is 10.1. The lowest BCUT2D eigenvalue weighted by molar-refractivity contribution is 0.0919. The average Bonchev–Trinajstić information content (AvgIpc) is 2.73. The number of hydrogen-bond acceptors (Lipinski definition) is 4. The minimum atomic E-state index is -3.17. The Morgan fingerprint density at radius 2 is 1.86 bits per heavy atom. The number of nitrogens with zero attached hydrogens (tertiary/aromatic N) is 1. The maximum absolute atomic E-state index is 12.8. The van der Waals surface area contributed by atoms with Crippen LogP contribution in [0.1, 0.15) is 41.3 Å². The highest BCUT2D eigenvalue weighted by Crippen LogP contribution is 2.21. The molecule has 1 N–H and O–H groups in total. The van der Waals surface area contributed by atoms with E-state index in [9.17, 15) is 13.2 Å². The molecule has 156 valence electrons. The van der Waals surface area contributed by atoms with Crippen LogP contribution in [0.25, 0.3) is 0 Å². The SMILES string of the molecule is CCS(=O)(=O)N1CCC(NC(=O)c2ccccc2OCc2cccc(C)c2)CC1. The fourth-order valence-electron chi connectivity index (χ4n) is 3.47. The number of sulfonamides is 1. The van der Waals surface area contributed by atoms with Gasteiger partial charge in [-0.05, 0) is 44.4 Å². The Kier molecular flexibility index (Phi) is 6.92. The summed E-state index contributed by atoms with van der Waals surface area (Å²) in [7, 11) is -3.17. The number of ether oxygens (including phenoxy) is 1. The lowest BCUT2D eigenvalue weighted by Gasteiger charge is -2.31. The molecule has 1 aliphatic rings. The number of benzene rings is 2. The van der Waals surface area contributed by atoms with E-state index < -0.39 is 10.0 Å². The molecule has 0 unspecified atom stereocenters. The monoisotopic (exact) mass is 416 g/mol. The van der Waals surface area contributed by atoms with E-state index in [2.05, 4.69) is 11.4 Å². The highest BCUT2D eigenvalue weighted by atomic mass is 32.2. The number of piperidine rings is 1. The maximum Gasteiger partial charge on any atom is 0.255 e. The number of aryl methyl sites for hydroxylation is 1. The summed E-state index contributed by atoms with van der Waals surface area (Å²) in [6.45, 7) is 4.94. The first kappa shape index (κ1) is 21.3. The predicted octanol–water partition coefficient (Wildman–Crippen LogP) is 3.12. The number of nitrogens with one attached hydrogen (secondary N) is 1. The first-order valence-corrected chi connectivity index (χ1v) is 11.6. The van der Waals surface area contributed by atoms with Gasteiger partial charge in [0.1, 0.15) is 12.4 Å². The smallest absolute Gasteiger partial charge is 0.255 e. The van der Waals surface area contributed by atoms with Crippen LogP contribution in [0.4, 0.5) is 0 Å². The Bertz CT molecular complexity index is 951. The summed E-state index contributed by atoms with van der Waals surface area (Å²) in [5, 5.41) is 3.03. The number of rotatable bonds is 7. The molecule has 2 aromatic rings. The van der Waals surface area contributed by atoms with Gasteiger partial charge < -0.3 is 10.1 Å². The van der Waals surface area contributed by atoms with Crippen molar-refractivity contribution in [1.82, 2.24) is 9.62 Å². The third-order valence-electron chi connectivity index (χ3n) is 5.16. The highest BCUT2D eigenvalue weighted by Gasteiger charge is 2.28. The van der Waals surface area contributed by atoms with E-state index in [1.54, 1.807) is 19.1 Å². The fraction of sp³-hybridized carbons (Fsp3) is 0.409. The fourth-order valence-corrected chi connectivity index (χ4v) is 4.60. The second kappa shape index (κ2) is 9.41. The Labute approximate surface area is 172 Å². The molecule has 1 fully saturated rings. The molecule has 1 amide bonds. The second-order valence-electron chi connectivity index (χ2n) is 7.32. The van der Waals surface area contributed by atoms with Crippen molar-refractivity contribution in [2.24, 2.45) is 0 Å². The van der Waals surface area contributed by atoms with Crippen molar-refractivity contribution < 1.29 is 17.9 Å². The maximum atomic E-state index is 12.8. The number of carbonyl (C=O) groups is 1. The molecule has 3 rings (SSSR count). The van der Waals surface area contributed by atoms with Crippen LogP contribution in [-0.4, -0.2) is 43.5 Å². The molecule has 0 bridgehead atoms. The van der Waals surface area contributed by atoms with E-state index in [1.165, 1.54) is 4.31 Å². The van der Waals surface area contributed by atoms with Crippen molar-refractivity contribution in [3.05, 3.63) is 65.2 Å². The van der Waals surface area contributed by atoms with Gasteiger partial charge in [0.15, 0.2) is 0 Å². The molecule has 2 aromatic carbocycles. The zero-order valence-corrected chi connectivity index (χ0v) is 17.7. The van der Waals surface area contributed by atoms with Crippen molar-refractivity contribution in [2.75, 3.05) is 18.8 Å². The van der Waals surface area contributed by atoms with Crippen LogP contribution >= 0.6 is 0 Å². The summed E-state index contributed by atoms with van der Waals surface area (Å²) >= 11 is 0. The molecular weight excluding hydrogens is 388 g/mol. The molecular formula is C22H28N2O4S. The van der Waals surface area contributed by atoms with E-state index in [-0.39, 0.29) is 17.7 Å². The van der Waals surface area contributed by atoms with E-state index in [4.69, 9.17) is 4.74 Å². The molecule has 0 saturated carbocycles. The topological polar surface area (TPSA) is 75.7 Å². The van der Waals surface area contributed by atoms with Gasteiger partial charge in [-0.3, -0.25) is 4.79 Å². The second-order valence-corrected chi connectivity index (χ2v) is 9.58. The van der Waals surface area contributed by atoms with E-state index in [0.29, 0.717) is 43.9 Å². The molecule has 29 heavy (non-hydrogen) atoms. The highest BCUT2D eigenvalue weighted by molar-refractivity contribution is 7.89. The van der Waals surface area contributed by atoms with Gasteiger partial charge in [0.2, 0.25) is 10.0 Å². The van der Waals surface area contributed by atoms with Crippen molar-refractivity contribution in [3.63, 3.8) is 0 Å². The van der Waals surface area contributed by atoms with Crippen molar-refractivity contribution in [1.29, 1.82) is 0 Å². The molecule has 0 aliphatic carbocycles. The molecule has 7 heteroatoms. The molecule has 0 radical (unpaired) electrons. The molecule has 0 atom stereocenters. The average molecular weight is 417 g/mol. The lowest BCUT2D eigenvalue weighted by Crippen LogP contribution is -2.46. The van der Waals surface area contributed by atoms with Crippen molar-refractivity contribution in [3.8, 4) is 5.75 Å². The summed E-state index contributed by atoms with van der Waals surface area (Å²) < 4.78 is 31.4. The van der Waals surface area contributed by atoms with Gasteiger partial charge in [-0.15, -0.1) is 0 Å². The first-order chi connectivity index (χ1) is 13.9. The Morgan fingerprint density at radius 3 is 2.55 bits per heavy atom. The Hall–Kier alpha value is -2.38. The van der Waals surface area contributed by atoms with Crippen LogP contribution in [0.3, 0.4) is 0 Å². The van der Waals surface area contributed by atoms with E-state index in [1.807, 2.05) is 37.3 Å². The summed E-state index contributed by atoms with van der Waals surface area (Å²) in [4.78, 5) is 12.8. The molecule has 1 heterocycles. The van der Waals surface area contributed by atoms with Crippen molar-refractivity contribution >= 4 is 15.9 Å². The van der Waals surface area contributed by atoms with Crippen LogP contribution in [0.2, 0.25) is 0 Å². The third kappa shape index (κ3) is 5.58.